The van der Waals surface area contributed by atoms with Crippen LogP contribution >= 0.6 is 0 Å². The van der Waals surface area contributed by atoms with Gasteiger partial charge >= 0.3 is 23.6 Å². The molecule has 1 aromatic rings. The predicted molar refractivity (Wildman–Crippen MR) is 94.1 cm³/mol. The lowest BCUT2D eigenvalue weighted by Crippen LogP contribution is -2.36. The number of rotatable bonds is 4. The highest BCUT2D eigenvalue weighted by Crippen LogP contribution is 2.28. The van der Waals surface area contributed by atoms with Crippen molar-refractivity contribution in [2.45, 2.75) is 6.10 Å². The molecule has 1 aliphatic rings. The highest BCUT2D eigenvalue weighted by molar-refractivity contribution is 6.69. The Morgan fingerprint density at radius 1 is 1.11 bits per heavy atom. The maximum Gasteiger partial charge on any atom is 0.329 e. The molecule has 2 rings (SSSR count). The quantitative estimate of drug-likeness (QED) is 0.281. The van der Waals surface area contributed by atoms with Gasteiger partial charge in [0.25, 0.3) is 0 Å². The summed E-state index contributed by atoms with van der Waals surface area (Å²) in [4.78, 5) is 44.4. The van der Waals surface area contributed by atoms with E-state index >= 15 is 0 Å². The van der Waals surface area contributed by atoms with Crippen LogP contribution in [0.2, 0.25) is 0 Å². The van der Waals surface area contributed by atoms with Gasteiger partial charge < -0.3 is 20.9 Å². The molecule has 1 fully saturated rings. The third kappa shape index (κ3) is 4.46. The maximum atomic E-state index is 11.4. The van der Waals surface area contributed by atoms with E-state index in [1.807, 2.05) is 10.9 Å². The Hall–Kier alpha value is -4.29. The molecule has 0 saturated carbocycles. The van der Waals surface area contributed by atoms with E-state index in [1.165, 1.54) is 7.11 Å². The van der Waals surface area contributed by atoms with Crippen LogP contribution in [0.5, 0.6) is 5.75 Å². The summed E-state index contributed by atoms with van der Waals surface area (Å²) in [6.07, 6.45) is -1.04. The highest BCUT2D eigenvalue weighted by Gasteiger charge is 2.38. The van der Waals surface area contributed by atoms with Gasteiger partial charge in [-0.15, -0.1) is 0 Å². The van der Waals surface area contributed by atoms with Gasteiger partial charge in [-0.1, -0.05) is 12.1 Å². The summed E-state index contributed by atoms with van der Waals surface area (Å²) in [5.74, 6) is -5.12. The zero-order chi connectivity index (χ0) is 20.8. The largest absolute Gasteiger partial charge is 0.497 e. The summed E-state index contributed by atoms with van der Waals surface area (Å²) in [5.41, 5.74) is 13.4. The van der Waals surface area contributed by atoms with Gasteiger partial charge in [0.2, 0.25) is 5.90 Å². The maximum absolute atomic E-state index is 11.4. The molecule has 1 heterocycles. The van der Waals surface area contributed by atoms with Crippen LogP contribution in [0.1, 0.15) is 11.7 Å². The van der Waals surface area contributed by atoms with Gasteiger partial charge in [0.15, 0.2) is 11.8 Å². The fourth-order valence-electron chi connectivity index (χ4n) is 2.05. The van der Waals surface area contributed by atoms with Crippen LogP contribution in [-0.2, 0) is 23.9 Å². The first-order valence-electron chi connectivity index (χ1n) is 7.49. The minimum Gasteiger partial charge on any atom is -0.497 e. The van der Waals surface area contributed by atoms with Crippen molar-refractivity contribution in [1.82, 2.24) is 10.9 Å². The van der Waals surface area contributed by atoms with E-state index in [9.17, 15) is 19.2 Å². The standard InChI is InChI=1S/C15H15N7O6/c1-27-7-4-2-3-6(5-7)10-8(19-21-14(25)11(16)23)9(13(18)28-10)20-22-15(26)12(17)24/h2-5,10,18H,1H3,(H2,16,23)(H2,17,24)(H,21,25)(H,22,26)/b18-13?,19-8-,20-9-. The van der Waals surface area contributed by atoms with Gasteiger partial charge in [0.05, 0.1) is 7.11 Å². The highest BCUT2D eigenvalue weighted by atomic mass is 16.5. The number of nitrogens with two attached hydrogens (primary N) is 2. The number of hydrogen-bond acceptors (Lipinski definition) is 9. The second kappa shape index (κ2) is 8.39. The molecule has 1 aromatic carbocycles. The molecule has 0 spiro atoms. The summed E-state index contributed by atoms with van der Waals surface area (Å²) in [7, 11) is 1.45. The van der Waals surface area contributed by atoms with Crippen LogP contribution in [0.4, 0.5) is 0 Å². The van der Waals surface area contributed by atoms with Crippen molar-refractivity contribution in [3.05, 3.63) is 29.8 Å². The summed E-state index contributed by atoms with van der Waals surface area (Å²) in [5, 5.41) is 15.2. The Bertz CT molecular complexity index is 923. The third-order valence-electron chi connectivity index (χ3n) is 3.33. The first kappa shape index (κ1) is 20.0. The van der Waals surface area contributed by atoms with Crippen molar-refractivity contribution in [3.63, 3.8) is 0 Å². The molecule has 4 amide bonds. The molecular weight excluding hydrogens is 374 g/mol. The number of hydrogen-bond donors (Lipinski definition) is 5. The van der Waals surface area contributed by atoms with E-state index in [4.69, 9.17) is 26.4 Å². The zero-order valence-electron chi connectivity index (χ0n) is 14.4. The first-order valence-corrected chi connectivity index (χ1v) is 7.49. The molecule has 13 heteroatoms. The van der Waals surface area contributed by atoms with Crippen molar-refractivity contribution < 1.29 is 28.7 Å². The topological polar surface area (TPSA) is 211 Å². The SMILES string of the molecule is COc1cccc(C2OC(=N)C(=N\NC(=O)C(N)=O)/C2=N/NC(=O)C(N)=O)c1. The summed E-state index contributed by atoms with van der Waals surface area (Å²) < 4.78 is 10.5. The molecule has 146 valence electrons. The van der Waals surface area contributed by atoms with E-state index < -0.39 is 35.6 Å². The van der Waals surface area contributed by atoms with Crippen molar-refractivity contribution in [2.24, 2.45) is 21.7 Å². The number of carbonyl (C=O) groups excluding carboxylic acids is 4. The lowest BCUT2D eigenvalue weighted by atomic mass is 10.0. The predicted octanol–water partition coefficient (Wildman–Crippen LogP) is -2.34. The van der Waals surface area contributed by atoms with Crippen molar-refractivity contribution in [3.8, 4) is 5.75 Å². The fourth-order valence-corrected chi connectivity index (χ4v) is 2.05. The Morgan fingerprint density at radius 3 is 2.29 bits per heavy atom. The molecule has 28 heavy (non-hydrogen) atoms. The van der Waals surface area contributed by atoms with E-state index in [1.54, 1.807) is 24.3 Å². The number of nitrogens with zero attached hydrogens (tertiary/aromatic N) is 2. The van der Waals surface area contributed by atoms with Gasteiger partial charge in [-0.3, -0.25) is 24.6 Å². The number of carbonyl (C=O) groups is 4. The Balaban J connectivity index is 2.44. The second-order valence-electron chi connectivity index (χ2n) is 5.17. The van der Waals surface area contributed by atoms with Gasteiger partial charge in [0, 0.05) is 5.56 Å². The van der Waals surface area contributed by atoms with Crippen molar-refractivity contribution in [1.29, 1.82) is 5.41 Å². The van der Waals surface area contributed by atoms with Crippen molar-refractivity contribution in [2.75, 3.05) is 7.11 Å². The Morgan fingerprint density at radius 2 is 1.71 bits per heavy atom. The summed E-state index contributed by atoms with van der Waals surface area (Å²) in [6.45, 7) is 0. The lowest BCUT2D eigenvalue weighted by Gasteiger charge is -2.11. The van der Waals surface area contributed by atoms with Crippen LogP contribution in [0.25, 0.3) is 0 Å². The first-order chi connectivity index (χ1) is 13.2. The molecule has 1 aliphatic heterocycles. The Kier molecular flexibility index (Phi) is 6.00. The van der Waals surface area contributed by atoms with Gasteiger partial charge in [-0.05, 0) is 12.1 Å². The lowest BCUT2D eigenvalue weighted by molar-refractivity contribution is -0.137. The number of primary amides is 2. The van der Waals surface area contributed by atoms with Gasteiger partial charge in [-0.2, -0.15) is 10.2 Å². The number of amides is 4. The van der Waals surface area contributed by atoms with Crippen LogP contribution in [0, 0.1) is 5.41 Å². The summed E-state index contributed by atoms with van der Waals surface area (Å²) >= 11 is 0. The average Bonchev–Trinajstić information content (AvgIpc) is 2.99. The van der Waals surface area contributed by atoms with Crippen LogP contribution in [0.3, 0.4) is 0 Å². The molecule has 1 atom stereocenters. The molecule has 0 aromatic heterocycles. The minimum absolute atomic E-state index is 0.141. The molecule has 13 nitrogen and oxygen atoms in total. The number of nitrogens with one attached hydrogen (secondary N) is 3. The minimum atomic E-state index is -1.31. The van der Waals surface area contributed by atoms with E-state index in [0.717, 1.165) is 0 Å². The van der Waals surface area contributed by atoms with Crippen molar-refractivity contribution >= 4 is 40.9 Å². The number of benzene rings is 1. The number of methoxy groups -OCH3 is 1. The fraction of sp³-hybridized carbons (Fsp3) is 0.133. The van der Waals surface area contributed by atoms with Crippen LogP contribution in [-0.4, -0.2) is 48.1 Å². The molecule has 1 unspecified atom stereocenters. The number of hydrazone groups is 2. The molecule has 1 saturated heterocycles. The van der Waals surface area contributed by atoms with Gasteiger partial charge in [0.1, 0.15) is 11.5 Å². The smallest absolute Gasteiger partial charge is 0.329 e. The zero-order valence-corrected chi connectivity index (χ0v) is 14.4. The van der Waals surface area contributed by atoms with Gasteiger partial charge in [-0.25, -0.2) is 10.9 Å². The third-order valence-corrected chi connectivity index (χ3v) is 3.33. The molecular formula is C15H15N7O6. The monoisotopic (exact) mass is 389 g/mol. The van der Waals surface area contributed by atoms with E-state index in [2.05, 4.69) is 10.2 Å². The molecule has 0 bridgehead atoms. The van der Waals surface area contributed by atoms with Crippen LogP contribution in [0.15, 0.2) is 34.5 Å². The van der Waals surface area contributed by atoms with E-state index in [0.29, 0.717) is 11.3 Å². The molecule has 0 radical (unpaired) electrons. The van der Waals surface area contributed by atoms with E-state index in [-0.39, 0.29) is 11.4 Å². The second-order valence-corrected chi connectivity index (χ2v) is 5.17. The Labute approximate surface area is 157 Å². The van der Waals surface area contributed by atoms with Crippen LogP contribution < -0.4 is 27.1 Å². The molecule has 7 N–H and O–H groups in total. The average molecular weight is 389 g/mol. The molecule has 0 aliphatic carbocycles. The normalized spacial score (nSPS) is 18.5. The summed E-state index contributed by atoms with van der Waals surface area (Å²) in [6, 6.07) is 6.51. The number of ether oxygens (including phenoxy) is 2.